The van der Waals surface area contributed by atoms with Gasteiger partial charge in [0, 0.05) is 44.0 Å². The predicted molar refractivity (Wildman–Crippen MR) is 98.3 cm³/mol. The van der Waals surface area contributed by atoms with E-state index in [0.717, 1.165) is 31.7 Å². The van der Waals surface area contributed by atoms with Crippen molar-refractivity contribution in [1.29, 1.82) is 0 Å². The van der Waals surface area contributed by atoms with Crippen LogP contribution in [0.3, 0.4) is 0 Å². The molecule has 22 heavy (non-hydrogen) atoms. The van der Waals surface area contributed by atoms with E-state index in [-0.39, 0.29) is 30.9 Å². The molecule has 1 aromatic rings. The van der Waals surface area contributed by atoms with Crippen molar-refractivity contribution >= 4 is 59.6 Å². The average molecular weight is 408 g/mol. The van der Waals surface area contributed by atoms with E-state index in [2.05, 4.69) is 15.2 Å². The van der Waals surface area contributed by atoms with E-state index in [1.165, 1.54) is 19.3 Å². The van der Waals surface area contributed by atoms with Gasteiger partial charge >= 0.3 is 0 Å². The molecule has 0 amide bonds. The molecule has 1 saturated carbocycles. The van der Waals surface area contributed by atoms with E-state index in [1.54, 1.807) is 6.20 Å². The van der Waals surface area contributed by atoms with Gasteiger partial charge < -0.3 is 5.32 Å². The number of rotatable bonds is 3. The van der Waals surface area contributed by atoms with Crippen molar-refractivity contribution in [3.63, 3.8) is 0 Å². The standard InChI is InChI=1S/C14H18Cl3N3.2ClH/c15-10-8-19-14(17)12(16)11(10)13(9-2-1-3-9)20-6-4-18-5-7-20;;/h8-9,13,18H,1-7H2;2*1H/t13-;;/m1../s1. The van der Waals surface area contributed by atoms with Gasteiger partial charge in [0.15, 0.2) is 0 Å². The number of nitrogens with one attached hydrogen (secondary N) is 1. The highest BCUT2D eigenvalue weighted by atomic mass is 35.5. The van der Waals surface area contributed by atoms with E-state index >= 15 is 0 Å². The molecule has 126 valence electrons. The van der Waals surface area contributed by atoms with Crippen LogP contribution in [0.4, 0.5) is 0 Å². The Morgan fingerprint density at radius 1 is 1.14 bits per heavy atom. The van der Waals surface area contributed by atoms with Crippen molar-refractivity contribution in [1.82, 2.24) is 15.2 Å². The number of halogens is 5. The lowest BCUT2D eigenvalue weighted by Crippen LogP contribution is -2.48. The fraction of sp³-hybridized carbons (Fsp3) is 0.643. The summed E-state index contributed by atoms with van der Waals surface area (Å²) in [6.45, 7) is 4.07. The molecule has 2 aliphatic rings. The summed E-state index contributed by atoms with van der Waals surface area (Å²) in [5.74, 6) is 0.626. The lowest BCUT2D eigenvalue weighted by molar-refractivity contribution is 0.0838. The Morgan fingerprint density at radius 3 is 2.32 bits per heavy atom. The van der Waals surface area contributed by atoms with Gasteiger partial charge in [-0.15, -0.1) is 24.8 Å². The minimum absolute atomic E-state index is 0. The monoisotopic (exact) mass is 405 g/mol. The van der Waals surface area contributed by atoms with Crippen LogP contribution >= 0.6 is 59.6 Å². The van der Waals surface area contributed by atoms with Crippen LogP contribution in [0.15, 0.2) is 6.20 Å². The van der Waals surface area contributed by atoms with Crippen molar-refractivity contribution in [3.8, 4) is 0 Å². The van der Waals surface area contributed by atoms with Crippen LogP contribution < -0.4 is 5.32 Å². The zero-order chi connectivity index (χ0) is 14.1. The molecule has 1 saturated heterocycles. The second-order valence-corrected chi connectivity index (χ2v) is 6.69. The van der Waals surface area contributed by atoms with Crippen molar-refractivity contribution < 1.29 is 0 Å². The first kappa shape index (κ1) is 20.6. The van der Waals surface area contributed by atoms with Crippen molar-refractivity contribution in [2.24, 2.45) is 5.92 Å². The third-order valence-corrected chi connectivity index (χ3v) is 5.47. The zero-order valence-corrected chi connectivity index (χ0v) is 15.9. The minimum Gasteiger partial charge on any atom is -0.314 e. The second kappa shape index (κ2) is 9.12. The largest absolute Gasteiger partial charge is 0.314 e. The maximum atomic E-state index is 6.42. The predicted octanol–water partition coefficient (Wildman–Crippen LogP) is 4.63. The molecule has 2 heterocycles. The Kier molecular flexibility index (Phi) is 8.53. The maximum Gasteiger partial charge on any atom is 0.148 e. The topological polar surface area (TPSA) is 28.2 Å². The van der Waals surface area contributed by atoms with Gasteiger partial charge in [-0.3, -0.25) is 4.90 Å². The van der Waals surface area contributed by atoms with Crippen molar-refractivity contribution in [3.05, 3.63) is 27.0 Å². The Morgan fingerprint density at radius 2 is 1.77 bits per heavy atom. The lowest BCUT2D eigenvalue weighted by Gasteiger charge is -2.43. The minimum atomic E-state index is 0. The average Bonchev–Trinajstić information content (AvgIpc) is 2.41. The number of pyridine rings is 1. The first-order chi connectivity index (χ1) is 9.68. The Balaban J connectivity index is 0.00000121. The van der Waals surface area contributed by atoms with Gasteiger partial charge in [-0.2, -0.15) is 0 Å². The Hall–Kier alpha value is 0.520. The quantitative estimate of drug-likeness (QED) is 0.741. The van der Waals surface area contributed by atoms with Crippen LogP contribution in [0.5, 0.6) is 0 Å². The second-order valence-electron chi connectivity index (χ2n) is 5.55. The molecule has 1 N–H and O–H groups in total. The summed E-state index contributed by atoms with van der Waals surface area (Å²) in [6.07, 6.45) is 5.39. The van der Waals surface area contributed by atoms with Gasteiger partial charge in [-0.25, -0.2) is 4.98 Å². The fourth-order valence-electron chi connectivity index (χ4n) is 3.16. The molecule has 0 aromatic carbocycles. The zero-order valence-electron chi connectivity index (χ0n) is 12.0. The summed E-state index contributed by atoms with van der Waals surface area (Å²) in [6, 6.07) is 0.270. The molecular formula is C14H20Cl5N3. The molecule has 3 rings (SSSR count). The summed E-state index contributed by atoms with van der Waals surface area (Å²) >= 11 is 18.9. The molecule has 0 unspecified atom stereocenters. The number of hydrogen-bond acceptors (Lipinski definition) is 3. The van der Waals surface area contributed by atoms with E-state index in [1.807, 2.05) is 0 Å². The molecule has 1 aliphatic heterocycles. The summed E-state index contributed by atoms with van der Waals surface area (Å²) in [4.78, 5) is 6.53. The van der Waals surface area contributed by atoms with E-state index in [4.69, 9.17) is 34.8 Å². The third kappa shape index (κ3) is 4.13. The molecule has 8 heteroatoms. The summed E-state index contributed by atoms with van der Waals surface area (Å²) < 4.78 is 0. The molecule has 0 bridgehead atoms. The maximum absolute atomic E-state index is 6.42. The normalized spacial score (nSPS) is 20.5. The van der Waals surface area contributed by atoms with Crippen LogP contribution in [0, 0.1) is 5.92 Å². The third-order valence-electron chi connectivity index (χ3n) is 4.40. The molecule has 0 spiro atoms. The first-order valence-corrected chi connectivity index (χ1v) is 8.26. The van der Waals surface area contributed by atoms with Crippen LogP contribution in [0.1, 0.15) is 30.9 Å². The molecule has 3 nitrogen and oxygen atoms in total. The number of nitrogens with zero attached hydrogens (tertiary/aromatic N) is 2. The molecule has 1 atom stereocenters. The van der Waals surface area contributed by atoms with Crippen LogP contribution in [-0.2, 0) is 0 Å². The van der Waals surface area contributed by atoms with Gasteiger partial charge in [-0.05, 0) is 18.8 Å². The fourth-order valence-corrected chi connectivity index (χ4v) is 3.88. The van der Waals surface area contributed by atoms with E-state index < -0.39 is 0 Å². The highest BCUT2D eigenvalue weighted by molar-refractivity contribution is 6.43. The molecule has 1 aromatic heterocycles. The number of aromatic nitrogens is 1. The molecular weight excluding hydrogens is 387 g/mol. The smallest absolute Gasteiger partial charge is 0.148 e. The highest BCUT2D eigenvalue weighted by Gasteiger charge is 2.36. The highest BCUT2D eigenvalue weighted by Crippen LogP contribution is 2.46. The SMILES string of the molecule is Cl.Cl.Clc1cnc(Cl)c(Cl)c1[C@@H](C1CCC1)N1CCNCC1. The summed E-state index contributed by atoms with van der Waals surface area (Å²) in [5.41, 5.74) is 0.972. The first-order valence-electron chi connectivity index (χ1n) is 7.12. The van der Waals surface area contributed by atoms with Crippen LogP contribution in [0.25, 0.3) is 0 Å². The van der Waals surface area contributed by atoms with Gasteiger partial charge in [0.1, 0.15) is 5.15 Å². The van der Waals surface area contributed by atoms with Crippen LogP contribution in [-0.4, -0.2) is 36.1 Å². The summed E-state index contributed by atoms with van der Waals surface area (Å²) in [7, 11) is 0. The Bertz CT molecular complexity index is 490. The number of piperazine rings is 1. The van der Waals surface area contributed by atoms with Crippen LogP contribution in [0.2, 0.25) is 15.2 Å². The van der Waals surface area contributed by atoms with Gasteiger partial charge in [0.25, 0.3) is 0 Å². The number of hydrogen-bond donors (Lipinski definition) is 1. The molecule has 2 fully saturated rings. The van der Waals surface area contributed by atoms with E-state index in [0.29, 0.717) is 21.1 Å². The van der Waals surface area contributed by atoms with Crippen molar-refractivity contribution in [2.75, 3.05) is 26.2 Å². The Labute approximate surface area is 158 Å². The van der Waals surface area contributed by atoms with Gasteiger partial charge in [0.05, 0.1) is 10.0 Å². The lowest BCUT2D eigenvalue weighted by atomic mass is 9.76. The van der Waals surface area contributed by atoms with E-state index in [9.17, 15) is 0 Å². The molecule has 0 radical (unpaired) electrons. The molecule has 1 aliphatic carbocycles. The van der Waals surface area contributed by atoms with Gasteiger partial charge in [0.2, 0.25) is 0 Å². The van der Waals surface area contributed by atoms with Crippen molar-refractivity contribution in [2.45, 2.75) is 25.3 Å². The van der Waals surface area contributed by atoms with Gasteiger partial charge in [-0.1, -0.05) is 41.2 Å². The summed E-state index contributed by atoms with van der Waals surface area (Å²) in [5, 5.41) is 4.90.